The van der Waals surface area contributed by atoms with Gasteiger partial charge in [0.25, 0.3) is 0 Å². The zero-order valence-corrected chi connectivity index (χ0v) is 14.3. The summed E-state index contributed by atoms with van der Waals surface area (Å²) in [5.41, 5.74) is 1.17. The largest absolute Gasteiger partial charge is 0.335 e. The molecular weight excluding hydrogens is 318 g/mol. The Labute approximate surface area is 136 Å². The topological polar surface area (TPSA) is 54.5 Å². The Morgan fingerprint density at radius 3 is 2.55 bits per heavy atom. The average Bonchev–Trinajstić information content (AvgIpc) is 3.22. The van der Waals surface area contributed by atoms with Crippen LogP contribution in [0.4, 0.5) is 0 Å². The van der Waals surface area contributed by atoms with Crippen LogP contribution < -0.4 is 0 Å². The molecule has 1 atom stereocenters. The number of aryl methyl sites for hydroxylation is 1. The number of carbonyl (C=O) groups excluding carboxylic acids is 1. The van der Waals surface area contributed by atoms with E-state index in [4.69, 9.17) is 0 Å². The van der Waals surface area contributed by atoms with Gasteiger partial charge in [-0.1, -0.05) is 18.2 Å². The zero-order chi connectivity index (χ0) is 15.7. The van der Waals surface area contributed by atoms with Gasteiger partial charge in [-0.05, 0) is 37.8 Å². The highest BCUT2D eigenvalue weighted by Gasteiger charge is 2.41. The van der Waals surface area contributed by atoms with E-state index in [9.17, 15) is 13.2 Å². The van der Waals surface area contributed by atoms with Crippen molar-refractivity contribution in [2.75, 3.05) is 17.3 Å². The van der Waals surface area contributed by atoms with E-state index in [-0.39, 0.29) is 29.5 Å². The normalized spacial score (nSPS) is 23.4. The monoisotopic (exact) mass is 339 g/mol. The van der Waals surface area contributed by atoms with Crippen molar-refractivity contribution in [2.24, 2.45) is 0 Å². The van der Waals surface area contributed by atoms with Crippen LogP contribution in [-0.4, -0.2) is 48.6 Å². The molecule has 1 aromatic carbocycles. The fourth-order valence-electron chi connectivity index (χ4n) is 2.99. The van der Waals surface area contributed by atoms with Gasteiger partial charge in [0, 0.05) is 17.0 Å². The summed E-state index contributed by atoms with van der Waals surface area (Å²) in [6.07, 6.45) is 2.62. The molecule has 6 heteroatoms. The van der Waals surface area contributed by atoms with E-state index in [2.05, 4.69) is 0 Å². The van der Waals surface area contributed by atoms with Crippen LogP contribution in [0.5, 0.6) is 0 Å². The summed E-state index contributed by atoms with van der Waals surface area (Å²) in [5, 5.41) is 0. The van der Waals surface area contributed by atoms with E-state index in [0.717, 1.165) is 17.7 Å². The molecule has 120 valence electrons. The van der Waals surface area contributed by atoms with Crippen molar-refractivity contribution < 1.29 is 13.2 Å². The number of carbonyl (C=O) groups is 1. The van der Waals surface area contributed by atoms with Crippen LogP contribution in [0.3, 0.4) is 0 Å². The molecule has 1 aromatic rings. The fraction of sp³-hybridized carbons (Fsp3) is 0.562. The predicted molar refractivity (Wildman–Crippen MR) is 88.8 cm³/mol. The summed E-state index contributed by atoms with van der Waals surface area (Å²) in [7, 11) is -2.95. The maximum Gasteiger partial charge on any atom is 0.233 e. The zero-order valence-electron chi connectivity index (χ0n) is 12.7. The number of hydrogen-bond acceptors (Lipinski definition) is 4. The van der Waals surface area contributed by atoms with E-state index >= 15 is 0 Å². The van der Waals surface area contributed by atoms with E-state index < -0.39 is 9.84 Å². The second kappa shape index (κ2) is 6.24. The third-order valence-corrected chi connectivity index (χ3v) is 7.19. The standard InChI is InChI=1S/C16H21NO3S2/c1-12-4-2-3-5-15(12)21-10-16(18)17(13-6-7-13)14-8-9-22(19,20)11-14/h2-5,13-14H,6-11H2,1H3. The SMILES string of the molecule is Cc1ccccc1SCC(=O)N(C1CC1)C1CCS(=O)(=O)C1. The maximum atomic E-state index is 12.6. The van der Waals surface area contributed by atoms with Crippen molar-refractivity contribution in [3.63, 3.8) is 0 Å². The van der Waals surface area contributed by atoms with Gasteiger partial charge in [0.2, 0.25) is 5.91 Å². The Morgan fingerprint density at radius 1 is 1.23 bits per heavy atom. The van der Waals surface area contributed by atoms with Gasteiger partial charge in [0.05, 0.1) is 17.3 Å². The number of nitrogens with zero attached hydrogens (tertiary/aromatic N) is 1. The van der Waals surface area contributed by atoms with Crippen LogP contribution in [0, 0.1) is 6.92 Å². The maximum absolute atomic E-state index is 12.6. The Bertz CT molecular complexity index is 668. The highest BCUT2D eigenvalue weighted by Crippen LogP contribution is 2.33. The molecule has 0 aromatic heterocycles. The van der Waals surface area contributed by atoms with Crippen molar-refractivity contribution in [3.05, 3.63) is 29.8 Å². The highest BCUT2D eigenvalue weighted by atomic mass is 32.2. The van der Waals surface area contributed by atoms with Gasteiger partial charge in [-0.25, -0.2) is 8.42 Å². The van der Waals surface area contributed by atoms with Gasteiger partial charge in [0.1, 0.15) is 0 Å². The van der Waals surface area contributed by atoms with Gasteiger partial charge < -0.3 is 4.90 Å². The molecule has 2 fully saturated rings. The summed E-state index contributed by atoms with van der Waals surface area (Å²) in [5.74, 6) is 0.833. The molecule has 4 nitrogen and oxygen atoms in total. The molecule has 0 spiro atoms. The van der Waals surface area contributed by atoms with Gasteiger partial charge in [0.15, 0.2) is 9.84 Å². The summed E-state index contributed by atoms with van der Waals surface area (Å²) >= 11 is 1.55. The van der Waals surface area contributed by atoms with Crippen molar-refractivity contribution in [1.29, 1.82) is 0 Å². The van der Waals surface area contributed by atoms with E-state index in [1.165, 1.54) is 5.56 Å². The van der Waals surface area contributed by atoms with Crippen molar-refractivity contribution in [2.45, 2.75) is 43.2 Å². The third kappa shape index (κ3) is 3.66. The quantitative estimate of drug-likeness (QED) is 0.772. The van der Waals surface area contributed by atoms with Crippen LogP contribution in [0.15, 0.2) is 29.2 Å². The lowest BCUT2D eigenvalue weighted by molar-refractivity contribution is -0.130. The first-order valence-electron chi connectivity index (χ1n) is 7.66. The number of sulfone groups is 1. The number of thioether (sulfide) groups is 1. The first-order valence-corrected chi connectivity index (χ1v) is 10.5. The molecule has 3 rings (SSSR count). The molecule has 1 aliphatic heterocycles. The third-order valence-electron chi connectivity index (χ3n) is 4.27. The minimum absolute atomic E-state index is 0.0813. The average molecular weight is 339 g/mol. The van der Waals surface area contributed by atoms with Gasteiger partial charge in [-0.2, -0.15) is 0 Å². The van der Waals surface area contributed by atoms with Crippen LogP contribution >= 0.6 is 11.8 Å². The first kappa shape index (κ1) is 15.9. The van der Waals surface area contributed by atoms with E-state index in [0.29, 0.717) is 12.2 Å². The molecule has 1 saturated carbocycles. The number of hydrogen-bond donors (Lipinski definition) is 0. The van der Waals surface area contributed by atoms with E-state index in [1.807, 2.05) is 36.1 Å². The Kier molecular flexibility index (Phi) is 4.50. The number of rotatable bonds is 5. The van der Waals surface area contributed by atoms with Crippen LogP contribution in [0.1, 0.15) is 24.8 Å². The fourth-order valence-corrected chi connectivity index (χ4v) is 5.60. The second-order valence-electron chi connectivity index (χ2n) is 6.14. The lowest BCUT2D eigenvalue weighted by Gasteiger charge is -2.28. The number of benzene rings is 1. The van der Waals surface area contributed by atoms with Crippen molar-refractivity contribution >= 4 is 27.5 Å². The van der Waals surface area contributed by atoms with Gasteiger partial charge in [-0.3, -0.25) is 4.79 Å². The molecule has 0 N–H and O–H groups in total. The molecule has 1 heterocycles. The summed E-state index contributed by atoms with van der Waals surface area (Å²) in [6.45, 7) is 2.04. The molecule has 22 heavy (non-hydrogen) atoms. The Hall–Kier alpha value is -1.01. The Balaban J connectivity index is 1.65. The minimum atomic E-state index is -2.95. The van der Waals surface area contributed by atoms with Crippen molar-refractivity contribution in [1.82, 2.24) is 4.90 Å². The Morgan fingerprint density at radius 2 is 1.95 bits per heavy atom. The van der Waals surface area contributed by atoms with E-state index in [1.54, 1.807) is 11.8 Å². The minimum Gasteiger partial charge on any atom is -0.335 e. The smallest absolute Gasteiger partial charge is 0.233 e. The molecule has 0 bridgehead atoms. The summed E-state index contributed by atoms with van der Waals surface area (Å²) in [4.78, 5) is 15.6. The number of amides is 1. The predicted octanol–water partition coefficient (Wildman–Crippen LogP) is 2.27. The molecule has 1 amide bonds. The lowest BCUT2D eigenvalue weighted by atomic mass is 10.2. The lowest BCUT2D eigenvalue weighted by Crippen LogP contribution is -2.43. The molecule has 1 aliphatic carbocycles. The second-order valence-corrected chi connectivity index (χ2v) is 9.39. The van der Waals surface area contributed by atoms with Gasteiger partial charge >= 0.3 is 0 Å². The molecular formula is C16H21NO3S2. The van der Waals surface area contributed by atoms with Gasteiger partial charge in [-0.15, -0.1) is 11.8 Å². The van der Waals surface area contributed by atoms with Crippen LogP contribution in [0.25, 0.3) is 0 Å². The molecule has 1 saturated heterocycles. The molecule has 2 aliphatic rings. The molecule has 1 unspecified atom stereocenters. The van der Waals surface area contributed by atoms with Crippen LogP contribution in [-0.2, 0) is 14.6 Å². The van der Waals surface area contributed by atoms with Crippen molar-refractivity contribution in [3.8, 4) is 0 Å². The summed E-state index contributed by atoms with van der Waals surface area (Å²) < 4.78 is 23.4. The summed E-state index contributed by atoms with van der Waals surface area (Å²) in [6, 6.07) is 8.18. The first-order chi connectivity index (χ1) is 10.5. The highest BCUT2D eigenvalue weighted by molar-refractivity contribution is 8.00. The van der Waals surface area contributed by atoms with Crippen LogP contribution in [0.2, 0.25) is 0 Å². The molecule has 0 radical (unpaired) electrons.